The lowest BCUT2D eigenvalue weighted by Crippen LogP contribution is -2.14. The van der Waals surface area contributed by atoms with Gasteiger partial charge in [-0.2, -0.15) is 13.2 Å². The van der Waals surface area contributed by atoms with E-state index >= 15 is 0 Å². The molecule has 0 heterocycles. The summed E-state index contributed by atoms with van der Waals surface area (Å²) in [5, 5.41) is 0. The zero-order valence-electron chi connectivity index (χ0n) is 10.1. The van der Waals surface area contributed by atoms with Crippen molar-refractivity contribution in [2.75, 3.05) is 0 Å². The molecule has 2 aromatic rings. The standard InChI is InChI=1S/C14H10F4IN/c15-12-7-9(4-5-11(12)14(16,17)18)13(20)8-2-1-3-10(19)6-8/h1-7,13H,20H2. The largest absolute Gasteiger partial charge is 0.419 e. The zero-order valence-corrected chi connectivity index (χ0v) is 12.2. The Labute approximate surface area is 126 Å². The van der Waals surface area contributed by atoms with Crippen LogP contribution in [0.25, 0.3) is 0 Å². The Kier molecular flexibility index (Phi) is 4.33. The zero-order chi connectivity index (χ0) is 14.9. The van der Waals surface area contributed by atoms with Crippen LogP contribution in [0.3, 0.4) is 0 Å². The first-order chi connectivity index (χ1) is 9.29. The van der Waals surface area contributed by atoms with Gasteiger partial charge in [-0.3, -0.25) is 0 Å². The van der Waals surface area contributed by atoms with Gasteiger partial charge in [0.15, 0.2) is 0 Å². The number of alkyl halides is 3. The average Bonchev–Trinajstić information content (AvgIpc) is 2.36. The monoisotopic (exact) mass is 395 g/mol. The molecule has 2 rings (SSSR count). The van der Waals surface area contributed by atoms with Crippen LogP contribution in [0.2, 0.25) is 0 Å². The fraction of sp³-hybridized carbons (Fsp3) is 0.143. The Hall–Kier alpha value is -1.15. The van der Waals surface area contributed by atoms with E-state index in [1.54, 1.807) is 18.2 Å². The van der Waals surface area contributed by atoms with E-state index in [2.05, 4.69) is 22.6 Å². The molecule has 1 nitrogen and oxygen atoms in total. The molecule has 0 bridgehead atoms. The van der Waals surface area contributed by atoms with E-state index in [-0.39, 0.29) is 0 Å². The van der Waals surface area contributed by atoms with Crippen molar-refractivity contribution in [1.29, 1.82) is 0 Å². The number of benzene rings is 2. The summed E-state index contributed by atoms with van der Waals surface area (Å²) >= 11 is 2.10. The van der Waals surface area contributed by atoms with Crippen LogP contribution >= 0.6 is 22.6 Å². The van der Waals surface area contributed by atoms with Crippen LogP contribution in [0.15, 0.2) is 42.5 Å². The SMILES string of the molecule is NC(c1cccc(I)c1)c1ccc(C(F)(F)F)c(F)c1. The number of hydrogen-bond acceptors (Lipinski definition) is 1. The van der Waals surface area contributed by atoms with Gasteiger partial charge >= 0.3 is 6.18 Å². The minimum Gasteiger partial charge on any atom is -0.320 e. The molecule has 0 aliphatic rings. The number of rotatable bonds is 2. The summed E-state index contributed by atoms with van der Waals surface area (Å²) in [4.78, 5) is 0. The lowest BCUT2D eigenvalue weighted by molar-refractivity contribution is -0.140. The summed E-state index contributed by atoms with van der Waals surface area (Å²) < 4.78 is 51.9. The minimum atomic E-state index is -4.70. The van der Waals surface area contributed by atoms with Crippen LogP contribution in [0.4, 0.5) is 17.6 Å². The number of halogens is 5. The van der Waals surface area contributed by atoms with Crippen LogP contribution in [-0.2, 0) is 6.18 Å². The fourth-order valence-electron chi connectivity index (χ4n) is 1.85. The second-order valence-electron chi connectivity index (χ2n) is 4.27. The summed E-state index contributed by atoms with van der Waals surface area (Å²) in [6, 6.07) is 9.31. The lowest BCUT2D eigenvalue weighted by atomic mass is 9.98. The van der Waals surface area contributed by atoms with E-state index in [0.29, 0.717) is 5.56 Å². The topological polar surface area (TPSA) is 26.0 Å². The van der Waals surface area contributed by atoms with Gasteiger partial charge in [-0.25, -0.2) is 4.39 Å². The van der Waals surface area contributed by atoms with Gasteiger partial charge in [0, 0.05) is 3.57 Å². The number of nitrogens with two attached hydrogens (primary N) is 1. The predicted molar refractivity (Wildman–Crippen MR) is 76.6 cm³/mol. The molecule has 0 spiro atoms. The summed E-state index contributed by atoms with van der Waals surface area (Å²) in [6.07, 6.45) is -4.70. The molecule has 0 fully saturated rings. The van der Waals surface area contributed by atoms with Crippen LogP contribution in [0.1, 0.15) is 22.7 Å². The molecule has 6 heteroatoms. The Balaban J connectivity index is 2.37. The average molecular weight is 395 g/mol. The van der Waals surface area contributed by atoms with Crippen LogP contribution < -0.4 is 5.73 Å². The van der Waals surface area contributed by atoms with Crippen molar-refractivity contribution in [3.8, 4) is 0 Å². The summed E-state index contributed by atoms with van der Waals surface area (Å²) in [5.74, 6) is -1.31. The molecule has 20 heavy (non-hydrogen) atoms. The van der Waals surface area contributed by atoms with Crippen LogP contribution in [0.5, 0.6) is 0 Å². The van der Waals surface area contributed by atoms with E-state index in [1.807, 2.05) is 6.07 Å². The first-order valence-electron chi connectivity index (χ1n) is 5.66. The van der Waals surface area contributed by atoms with Gasteiger partial charge in [0.05, 0.1) is 11.6 Å². The van der Waals surface area contributed by atoms with Crippen LogP contribution in [0, 0.1) is 9.39 Å². The molecule has 0 aromatic heterocycles. The predicted octanol–water partition coefficient (Wildman–Crippen LogP) is 4.50. The second-order valence-corrected chi connectivity index (χ2v) is 5.52. The van der Waals surface area contributed by atoms with Gasteiger partial charge in [-0.15, -0.1) is 0 Å². The Bertz CT molecular complexity index is 625. The van der Waals surface area contributed by atoms with Crippen molar-refractivity contribution in [3.05, 3.63) is 68.5 Å². The lowest BCUT2D eigenvalue weighted by Gasteiger charge is -2.15. The van der Waals surface area contributed by atoms with E-state index in [0.717, 1.165) is 21.3 Å². The highest BCUT2D eigenvalue weighted by Crippen LogP contribution is 2.33. The maximum Gasteiger partial charge on any atom is 0.419 e. The van der Waals surface area contributed by atoms with Crippen molar-refractivity contribution in [2.24, 2.45) is 5.73 Å². The molecule has 0 saturated heterocycles. The van der Waals surface area contributed by atoms with Crippen molar-refractivity contribution < 1.29 is 17.6 Å². The first-order valence-corrected chi connectivity index (χ1v) is 6.74. The van der Waals surface area contributed by atoms with Gasteiger partial charge in [-0.05, 0) is 58.0 Å². The van der Waals surface area contributed by atoms with Gasteiger partial charge in [0.25, 0.3) is 0 Å². The van der Waals surface area contributed by atoms with Gasteiger partial charge < -0.3 is 5.73 Å². The maximum atomic E-state index is 13.5. The molecule has 0 radical (unpaired) electrons. The molecular formula is C14H10F4IN. The molecule has 1 atom stereocenters. The molecular weight excluding hydrogens is 385 g/mol. The third-order valence-corrected chi connectivity index (χ3v) is 3.54. The molecule has 1 unspecified atom stereocenters. The molecule has 0 aliphatic heterocycles. The highest BCUT2D eigenvalue weighted by atomic mass is 127. The molecule has 0 aliphatic carbocycles. The van der Waals surface area contributed by atoms with E-state index in [4.69, 9.17) is 5.73 Å². The van der Waals surface area contributed by atoms with Crippen molar-refractivity contribution >= 4 is 22.6 Å². The molecule has 2 aromatic carbocycles. The summed E-state index contributed by atoms with van der Waals surface area (Å²) in [6.45, 7) is 0. The second kappa shape index (κ2) is 5.69. The van der Waals surface area contributed by atoms with Gasteiger partial charge in [-0.1, -0.05) is 18.2 Å². The third-order valence-electron chi connectivity index (χ3n) is 2.87. The van der Waals surface area contributed by atoms with Crippen molar-refractivity contribution in [1.82, 2.24) is 0 Å². The fourth-order valence-corrected chi connectivity index (χ4v) is 2.41. The Morgan fingerprint density at radius 3 is 2.20 bits per heavy atom. The minimum absolute atomic E-state index is 0.303. The van der Waals surface area contributed by atoms with Gasteiger partial charge in [0.1, 0.15) is 5.82 Å². The number of hydrogen-bond donors (Lipinski definition) is 1. The first kappa shape index (κ1) is 15.2. The highest BCUT2D eigenvalue weighted by molar-refractivity contribution is 14.1. The Morgan fingerprint density at radius 1 is 1.00 bits per heavy atom. The van der Waals surface area contributed by atoms with E-state index in [1.165, 1.54) is 6.07 Å². The molecule has 2 N–H and O–H groups in total. The van der Waals surface area contributed by atoms with E-state index < -0.39 is 23.6 Å². The molecule has 0 saturated carbocycles. The van der Waals surface area contributed by atoms with Gasteiger partial charge in [0.2, 0.25) is 0 Å². The summed E-state index contributed by atoms with van der Waals surface area (Å²) in [7, 11) is 0. The summed E-state index contributed by atoms with van der Waals surface area (Å²) in [5.41, 5.74) is 5.70. The smallest absolute Gasteiger partial charge is 0.320 e. The maximum absolute atomic E-state index is 13.5. The quantitative estimate of drug-likeness (QED) is 0.589. The van der Waals surface area contributed by atoms with E-state index in [9.17, 15) is 17.6 Å². The van der Waals surface area contributed by atoms with Crippen LogP contribution in [-0.4, -0.2) is 0 Å². The van der Waals surface area contributed by atoms with Crippen molar-refractivity contribution in [3.63, 3.8) is 0 Å². The third kappa shape index (κ3) is 3.29. The molecule has 106 valence electrons. The molecule has 0 amide bonds. The van der Waals surface area contributed by atoms with Crippen molar-refractivity contribution in [2.45, 2.75) is 12.2 Å². The Morgan fingerprint density at radius 2 is 1.65 bits per heavy atom. The normalized spacial score (nSPS) is 13.3. The highest BCUT2D eigenvalue weighted by Gasteiger charge is 2.34.